The zero-order valence-corrected chi connectivity index (χ0v) is 22.6. The normalized spacial score (nSPS) is 16.3. The zero-order chi connectivity index (χ0) is 26.7. The monoisotopic (exact) mass is 508 g/mol. The zero-order valence-electron chi connectivity index (χ0n) is 22.6. The van der Waals surface area contributed by atoms with Gasteiger partial charge in [0.1, 0.15) is 12.5 Å². The van der Waals surface area contributed by atoms with Gasteiger partial charge in [-0.15, -0.1) is 0 Å². The summed E-state index contributed by atoms with van der Waals surface area (Å²) in [7, 11) is 0. The number of nitrogens with one attached hydrogen (secondary N) is 1. The van der Waals surface area contributed by atoms with E-state index in [0.29, 0.717) is 18.2 Å². The van der Waals surface area contributed by atoms with Crippen LogP contribution < -0.4 is 10.2 Å². The third-order valence-corrected chi connectivity index (χ3v) is 7.86. The van der Waals surface area contributed by atoms with E-state index in [2.05, 4.69) is 47.5 Å². The fourth-order valence-corrected chi connectivity index (χ4v) is 5.38. The van der Waals surface area contributed by atoms with Gasteiger partial charge in [-0.1, -0.05) is 37.5 Å². The van der Waals surface area contributed by atoms with Crippen molar-refractivity contribution in [1.29, 1.82) is 5.26 Å². The third kappa shape index (κ3) is 5.58. The first-order valence-electron chi connectivity index (χ1n) is 13.6. The molecule has 38 heavy (non-hydrogen) atoms. The number of hydrogen-bond acceptors (Lipinski definition) is 5. The maximum absolute atomic E-state index is 13.2. The van der Waals surface area contributed by atoms with E-state index in [-0.39, 0.29) is 5.91 Å². The molecular formula is C32H36N4O2. The van der Waals surface area contributed by atoms with E-state index < -0.39 is 5.41 Å². The van der Waals surface area contributed by atoms with Gasteiger partial charge in [0.05, 0.1) is 18.1 Å². The Bertz CT molecular complexity index is 1360. The second-order valence-electron chi connectivity index (χ2n) is 11.1. The lowest BCUT2D eigenvalue weighted by Gasteiger charge is -2.24. The minimum absolute atomic E-state index is 0.192. The Labute approximate surface area is 225 Å². The van der Waals surface area contributed by atoms with Crippen LogP contribution in [0.1, 0.15) is 79.0 Å². The lowest BCUT2D eigenvalue weighted by Crippen LogP contribution is -2.21. The van der Waals surface area contributed by atoms with Crippen LogP contribution in [0.15, 0.2) is 54.6 Å². The summed E-state index contributed by atoms with van der Waals surface area (Å²) in [5, 5.41) is 12.6. The molecule has 0 radical (unpaired) electrons. The molecule has 1 aliphatic heterocycles. The highest BCUT2D eigenvalue weighted by Crippen LogP contribution is 2.37. The van der Waals surface area contributed by atoms with Gasteiger partial charge >= 0.3 is 0 Å². The van der Waals surface area contributed by atoms with Crippen LogP contribution in [0.25, 0.3) is 11.1 Å². The Morgan fingerprint density at radius 2 is 1.92 bits per heavy atom. The van der Waals surface area contributed by atoms with Crippen molar-refractivity contribution in [2.24, 2.45) is 0 Å². The van der Waals surface area contributed by atoms with E-state index in [4.69, 9.17) is 9.72 Å². The smallest absolute Gasteiger partial charge is 0.255 e. The van der Waals surface area contributed by atoms with Gasteiger partial charge in [0, 0.05) is 29.4 Å². The standard InChI is InChI=1S/C32H36N4O2/c1-22-12-13-27(34-31(37)24-10-7-11-26(16-24)32(2,3)20-33)19-28(22)25-17-29(23-8-5-4-6-9-23)35-30(18-25)36-14-15-38-21-36/h7,10-13,16-19,23H,4-6,8-9,14-15,21H2,1-3H3,(H,34,37). The molecule has 1 N–H and O–H groups in total. The number of nitrogens with zero attached hydrogens (tertiary/aromatic N) is 3. The molecule has 1 aliphatic carbocycles. The summed E-state index contributed by atoms with van der Waals surface area (Å²) in [4.78, 5) is 20.5. The number of ether oxygens (including phenoxy) is 1. The van der Waals surface area contributed by atoms with Crippen LogP contribution in [0.3, 0.4) is 0 Å². The number of carbonyl (C=O) groups excluding carboxylic acids is 1. The lowest BCUT2D eigenvalue weighted by atomic mass is 9.85. The van der Waals surface area contributed by atoms with Gasteiger partial charge in [0.25, 0.3) is 5.91 Å². The number of rotatable bonds is 6. The van der Waals surface area contributed by atoms with Crippen molar-refractivity contribution in [3.05, 3.63) is 77.0 Å². The van der Waals surface area contributed by atoms with E-state index in [0.717, 1.165) is 52.6 Å². The van der Waals surface area contributed by atoms with Crippen molar-refractivity contribution < 1.29 is 9.53 Å². The molecule has 1 amide bonds. The quantitative estimate of drug-likeness (QED) is 0.390. The molecule has 0 atom stereocenters. The molecule has 1 saturated carbocycles. The summed E-state index contributed by atoms with van der Waals surface area (Å²) in [6.45, 7) is 7.95. The van der Waals surface area contributed by atoms with Crippen molar-refractivity contribution in [3.63, 3.8) is 0 Å². The van der Waals surface area contributed by atoms with Gasteiger partial charge in [0.2, 0.25) is 0 Å². The predicted octanol–water partition coefficient (Wildman–Crippen LogP) is 6.95. The molecule has 0 unspecified atom stereocenters. The van der Waals surface area contributed by atoms with Gasteiger partial charge in [-0.25, -0.2) is 4.98 Å². The minimum atomic E-state index is -0.664. The first-order chi connectivity index (χ1) is 18.3. The molecular weight excluding hydrogens is 472 g/mol. The molecule has 6 heteroatoms. The SMILES string of the molecule is Cc1ccc(NC(=O)c2cccc(C(C)(C)C#N)c2)cc1-c1cc(C2CCCCC2)nc(N2CCOC2)c1. The topological polar surface area (TPSA) is 78.2 Å². The number of anilines is 2. The highest BCUT2D eigenvalue weighted by atomic mass is 16.5. The van der Waals surface area contributed by atoms with Crippen LogP contribution >= 0.6 is 0 Å². The Kier molecular flexibility index (Phi) is 7.49. The molecule has 2 heterocycles. The van der Waals surface area contributed by atoms with E-state index >= 15 is 0 Å². The summed E-state index contributed by atoms with van der Waals surface area (Å²) >= 11 is 0. The van der Waals surface area contributed by atoms with Crippen molar-refractivity contribution in [1.82, 2.24) is 4.98 Å². The molecule has 2 aromatic carbocycles. The Morgan fingerprint density at radius 3 is 2.66 bits per heavy atom. The fraction of sp³-hybridized carbons (Fsp3) is 0.406. The summed E-state index contributed by atoms with van der Waals surface area (Å²) in [5.74, 6) is 1.26. The summed E-state index contributed by atoms with van der Waals surface area (Å²) in [6, 6.07) is 20.1. The number of hydrogen-bond donors (Lipinski definition) is 1. The van der Waals surface area contributed by atoms with Crippen LogP contribution in [0.2, 0.25) is 0 Å². The first-order valence-corrected chi connectivity index (χ1v) is 13.6. The molecule has 1 saturated heterocycles. The number of benzene rings is 2. The molecule has 0 spiro atoms. The van der Waals surface area contributed by atoms with Gasteiger partial charge in [-0.2, -0.15) is 5.26 Å². The first kappa shape index (κ1) is 25.9. The van der Waals surface area contributed by atoms with Crippen molar-refractivity contribution in [2.45, 2.75) is 64.2 Å². The molecule has 2 aliphatic rings. The molecule has 0 bridgehead atoms. The second-order valence-corrected chi connectivity index (χ2v) is 11.1. The van der Waals surface area contributed by atoms with Crippen LogP contribution in [0.4, 0.5) is 11.5 Å². The molecule has 5 rings (SSSR count). The second kappa shape index (κ2) is 11.0. The summed E-state index contributed by atoms with van der Waals surface area (Å²) in [6.07, 6.45) is 6.19. The number of pyridine rings is 1. The van der Waals surface area contributed by atoms with Gasteiger partial charge in [-0.05, 0) is 92.3 Å². The summed E-state index contributed by atoms with van der Waals surface area (Å²) in [5.41, 5.74) is 5.94. The third-order valence-electron chi connectivity index (χ3n) is 7.86. The van der Waals surface area contributed by atoms with Crippen LogP contribution in [-0.2, 0) is 10.2 Å². The predicted molar refractivity (Wildman–Crippen MR) is 151 cm³/mol. The Balaban J connectivity index is 1.46. The number of amides is 1. The van der Waals surface area contributed by atoms with E-state index in [1.807, 2.05) is 32.0 Å². The average Bonchev–Trinajstić information content (AvgIpc) is 3.50. The number of aromatic nitrogens is 1. The molecule has 196 valence electrons. The van der Waals surface area contributed by atoms with Crippen molar-refractivity contribution in [2.75, 3.05) is 30.1 Å². The maximum Gasteiger partial charge on any atom is 0.255 e. The van der Waals surface area contributed by atoms with Crippen molar-refractivity contribution in [3.8, 4) is 17.2 Å². The number of nitriles is 1. The Hall–Kier alpha value is -3.69. The van der Waals surface area contributed by atoms with Gasteiger partial charge in [-0.3, -0.25) is 4.79 Å². The van der Waals surface area contributed by atoms with Gasteiger partial charge in [0.15, 0.2) is 0 Å². The minimum Gasteiger partial charge on any atom is -0.359 e. The number of carbonyl (C=O) groups is 1. The highest BCUT2D eigenvalue weighted by Gasteiger charge is 2.23. The molecule has 6 nitrogen and oxygen atoms in total. The highest BCUT2D eigenvalue weighted by molar-refractivity contribution is 6.04. The molecule has 3 aromatic rings. The van der Waals surface area contributed by atoms with E-state index in [9.17, 15) is 10.1 Å². The summed E-state index contributed by atoms with van der Waals surface area (Å²) < 4.78 is 5.63. The van der Waals surface area contributed by atoms with Gasteiger partial charge < -0.3 is 15.0 Å². The van der Waals surface area contributed by atoms with Crippen LogP contribution in [0, 0.1) is 18.3 Å². The van der Waals surface area contributed by atoms with Crippen LogP contribution in [-0.4, -0.2) is 30.8 Å². The molecule has 2 fully saturated rings. The van der Waals surface area contributed by atoms with Crippen LogP contribution in [0.5, 0.6) is 0 Å². The lowest BCUT2D eigenvalue weighted by molar-refractivity contribution is 0.102. The maximum atomic E-state index is 13.2. The fourth-order valence-electron chi connectivity index (χ4n) is 5.38. The van der Waals surface area contributed by atoms with Crippen molar-refractivity contribution >= 4 is 17.4 Å². The van der Waals surface area contributed by atoms with E-state index in [1.165, 1.54) is 32.1 Å². The number of aryl methyl sites for hydroxylation is 1. The average molecular weight is 509 g/mol. The Morgan fingerprint density at radius 1 is 1.11 bits per heavy atom. The molecule has 1 aromatic heterocycles. The van der Waals surface area contributed by atoms with E-state index in [1.54, 1.807) is 12.1 Å². The largest absolute Gasteiger partial charge is 0.359 e.